The highest BCUT2D eigenvalue weighted by Crippen LogP contribution is 2.24. The van der Waals surface area contributed by atoms with E-state index in [4.69, 9.17) is 5.73 Å². The summed E-state index contributed by atoms with van der Waals surface area (Å²) < 4.78 is 28.8. The van der Waals surface area contributed by atoms with Crippen molar-refractivity contribution < 1.29 is 8.42 Å². The zero-order valence-corrected chi connectivity index (χ0v) is 13.5. The minimum Gasteiger partial charge on any atom is -0.330 e. The summed E-state index contributed by atoms with van der Waals surface area (Å²) in [7, 11) is -3.32. The largest absolute Gasteiger partial charge is 0.330 e. The lowest BCUT2D eigenvalue weighted by Gasteiger charge is -2.32. The number of nitrogens with two attached hydrogens (primary N) is 1. The molecular formula is C11H23N3O2S3. The van der Waals surface area contributed by atoms with E-state index in [0.29, 0.717) is 37.3 Å². The number of rotatable bonds is 5. The molecular weight excluding hydrogens is 302 g/mol. The maximum absolute atomic E-state index is 12.2. The summed E-state index contributed by atoms with van der Waals surface area (Å²) in [5.74, 6) is 3.65. The van der Waals surface area contributed by atoms with Crippen LogP contribution in [0.25, 0.3) is 0 Å². The lowest BCUT2D eigenvalue weighted by Crippen LogP contribution is -2.48. The molecule has 2 fully saturated rings. The van der Waals surface area contributed by atoms with E-state index in [1.807, 2.05) is 23.5 Å². The fraction of sp³-hybridized carbons (Fsp3) is 1.00. The molecule has 2 unspecified atom stereocenters. The summed E-state index contributed by atoms with van der Waals surface area (Å²) in [6, 6.07) is 0. The van der Waals surface area contributed by atoms with Crippen LogP contribution in [-0.2, 0) is 10.2 Å². The molecule has 0 aromatic rings. The second-order valence-corrected chi connectivity index (χ2v) is 9.34. The van der Waals surface area contributed by atoms with Crippen molar-refractivity contribution in [3.8, 4) is 0 Å². The maximum Gasteiger partial charge on any atom is 0.279 e. The average molecular weight is 326 g/mol. The standard InChI is InChI=1S/C11H23N3O2S3/c12-6-10-2-1-3-14(8-10)19(15,16)13-7-11-9-17-4-5-18-11/h10-11,13H,1-9,12H2. The zero-order chi connectivity index (χ0) is 13.7. The maximum atomic E-state index is 12.2. The van der Waals surface area contributed by atoms with Crippen molar-refractivity contribution in [1.29, 1.82) is 0 Å². The van der Waals surface area contributed by atoms with Crippen LogP contribution >= 0.6 is 23.5 Å². The fourth-order valence-corrected chi connectivity index (χ4v) is 6.47. The molecule has 2 aliphatic heterocycles. The third-order valence-corrected chi connectivity index (χ3v) is 7.92. The number of hydrogen-bond acceptors (Lipinski definition) is 5. The van der Waals surface area contributed by atoms with E-state index in [-0.39, 0.29) is 0 Å². The minimum atomic E-state index is -3.32. The summed E-state index contributed by atoms with van der Waals surface area (Å²) in [5.41, 5.74) is 5.65. The number of hydrogen-bond donors (Lipinski definition) is 2. The lowest BCUT2D eigenvalue weighted by atomic mass is 10.0. The molecule has 3 N–H and O–H groups in total. The van der Waals surface area contributed by atoms with Crippen LogP contribution in [0.5, 0.6) is 0 Å². The van der Waals surface area contributed by atoms with E-state index in [1.54, 1.807) is 4.31 Å². The quantitative estimate of drug-likeness (QED) is 0.762. The molecule has 2 saturated heterocycles. The van der Waals surface area contributed by atoms with Gasteiger partial charge in [-0.25, -0.2) is 4.72 Å². The second-order valence-electron chi connectivity index (χ2n) is 5.02. The van der Waals surface area contributed by atoms with Crippen LogP contribution in [0, 0.1) is 5.92 Å². The highest BCUT2D eigenvalue weighted by atomic mass is 32.2. The zero-order valence-electron chi connectivity index (χ0n) is 11.1. The molecule has 2 rings (SSSR count). The summed E-state index contributed by atoms with van der Waals surface area (Å²) >= 11 is 3.78. The van der Waals surface area contributed by atoms with Gasteiger partial charge in [0.25, 0.3) is 10.2 Å². The normalized spacial score (nSPS) is 30.4. The van der Waals surface area contributed by atoms with Gasteiger partial charge in [-0.05, 0) is 25.3 Å². The molecule has 0 amide bonds. The Balaban J connectivity index is 1.83. The number of nitrogens with one attached hydrogen (secondary N) is 1. The van der Waals surface area contributed by atoms with Crippen LogP contribution in [0.3, 0.4) is 0 Å². The topological polar surface area (TPSA) is 75.4 Å². The van der Waals surface area contributed by atoms with Crippen molar-refractivity contribution in [2.75, 3.05) is 43.4 Å². The molecule has 5 nitrogen and oxygen atoms in total. The van der Waals surface area contributed by atoms with Gasteiger partial charge in [-0.3, -0.25) is 0 Å². The molecule has 0 saturated carbocycles. The Hall–Kier alpha value is 0.530. The smallest absolute Gasteiger partial charge is 0.279 e. The Labute approximate surface area is 124 Å². The van der Waals surface area contributed by atoms with Crippen LogP contribution in [0.4, 0.5) is 0 Å². The Morgan fingerprint density at radius 2 is 2.21 bits per heavy atom. The third-order valence-electron chi connectivity index (χ3n) is 3.53. The highest BCUT2D eigenvalue weighted by molar-refractivity contribution is 8.06. The van der Waals surface area contributed by atoms with Crippen LogP contribution in [0.15, 0.2) is 0 Å². The van der Waals surface area contributed by atoms with Crippen molar-refractivity contribution in [2.45, 2.75) is 18.1 Å². The molecule has 0 radical (unpaired) electrons. The van der Waals surface area contributed by atoms with Gasteiger partial charge in [-0.1, -0.05) is 0 Å². The van der Waals surface area contributed by atoms with Crippen LogP contribution in [0.2, 0.25) is 0 Å². The molecule has 0 bridgehead atoms. The first kappa shape index (κ1) is 15.9. The molecule has 2 atom stereocenters. The first-order valence-corrected chi connectivity index (χ1v) is 10.4. The van der Waals surface area contributed by atoms with Gasteiger partial charge in [0, 0.05) is 42.1 Å². The fourth-order valence-electron chi connectivity index (χ4n) is 2.38. The van der Waals surface area contributed by atoms with Crippen molar-refractivity contribution in [1.82, 2.24) is 9.03 Å². The minimum absolute atomic E-state index is 0.310. The van der Waals surface area contributed by atoms with Crippen molar-refractivity contribution >= 4 is 33.7 Å². The number of nitrogens with zero attached hydrogens (tertiary/aromatic N) is 1. The molecule has 19 heavy (non-hydrogen) atoms. The highest BCUT2D eigenvalue weighted by Gasteiger charge is 2.28. The molecule has 0 spiro atoms. The van der Waals surface area contributed by atoms with Crippen LogP contribution in [-0.4, -0.2) is 61.4 Å². The van der Waals surface area contributed by atoms with E-state index in [1.165, 1.54) is 5.75 Å². The molecule has 2 aliphatic rings. The van der Waals surface area contributed by atoms with Gasteiger partial charge in [0.1, 0.15) is 0 Å². The van der Waals surface area contributed by atoms with Crippen LogP contribution < -0.4 is 10.5 Å². The van der Waals surface area contributed by atoms with Crippen molar-refractivity contribution in [2.24, 2.45) is 11.7 Å². The second kappa shape index (κ2) is 7.51. The van der Waals surface area contributed by atoms with E-state index in [0.717, 1.165) is 24.3 Å². The van der Waals surface area contributed by atoms with Gasteiger partial charge in [0.15, 0.2) is 0 Å². The summed E-state index contributed by atoms with van der Waals surface area (Å²) in [4.78, 5) is 0. The van der Waals surface area contributed by atoms with Gasteiger partial charge < -0.3 is 5.73 Å². The van der Waals surface area contributed by atoms with E-state index in [9.17, 15) is 8.42 Å². The molecule has 0 aromatic carbocycles. The monoisotopic (exact) mass is 325 g/mol. The first-order chi connectivity index (χ1) is 9.12. The Morgan fingerprint density at radius 3 is 2.89 bits per heavy atom. The molecule has 112 valence electrons. The van der Waals surface area contributed by atoms with E-state index in [2.05, 4.69) is 4.72 Å². The number of thioether (sulfide) groups is 2. The van der Waals surface area contributed by atoms with E-state index < -0.39 is 10.2 Å². The lowest BCUT2D eigenvalue weighted by molar-refractivity contribution is 0.269. The van der Waals surface area contributed by atoms with Crippen molar-refractivity contribution in [3.05, 3.63) is 0 Å². The molecule has 0 aliphatic carbocycles. The molecule has 0 aromatic heterocycles. The number of piperidine rings is 1. The van der Waals surface area contributed by atoms with Gasteiger partial charge >= 0.3 is 0 Å². The third kappa shape index (κ3) is 4.78. The SMILES string of the molecule is NCC1CCCN(S(=O)(=O)NCC2CSCCS2)C1. The summed E-state index contributed by atoms with van der Waals surface area (Å²) in [6.45, 7) is 2.31. The predicted octanol–water partition coefficient (Wildman–Crippen LogP) is 0.340. The molecule has 8 heteroatoms. The predicted molar refractivity (Wildman–Crippen MR) is 83.8 cm³/mol. The van der Waals surface area contributed by atoms with E-state index >= 15 is 0 Å². The van der Waals surface area contributed by atoms with Gasteiger partial charge in [0.2, 0.25) is 0 Å². The first-order valence-electron chi connectivity index (χ1n) is 6.76. The summed E-state index contributed by atoms with van der Waals surface area (Å²) in [5, 5.41) is 0.406. The Bertz CT molecular complexity index is 371. The summed E-state index contributed by atoms with van der Waals surface area (Å²) in [6.07, 6.45) is 1.95. The van der Waals surface area contributed by atoms with Gasteiger partial charge in [0.05, 0.1) is 0 Å². The van der Waals surface area contributed by atoms with Gasteiger partial charge in [-0.2, -0.15) is 36.2 Å². The van der Waals surface area contributed by atoms with Crippen LogP contribution in [0.1, 0.15) is 12.8 Å². The Kier molecular flexibility index (Phi) is 6.29. The van der Waals surface area contributed by atoms with Gasteiger partial charge in [-0.15, -0.1) is 0 Å². The van der Waals surface area contributed by atoms with Crippen molar-refractivity contribution in [3.63, 3.8) is 0 Å². The Morgan fingerprint density at radius 1 is 1.37 bits per heavy atom. The molecule has 2 heterocycles. The average Bonchev–Trinajstić information content (AvgIpc) is 2.46.